The molecule has 0 heterocycles. The molecule has 1 rings (SSSR count). The van der Waals surface area contributed by atoms with E-state index in [-0.39, 0.29) is 0 Å². The molecule has 0 spiro atoms. The lowest BCUT2D eigenvalue weighted by atomic mass is 10.3. The monoisotopic (exact) mass is 273 g/mol. The molecule has 0 aliphatic heterocycles. The van der Waals surface area contributed by atoms with Crippen molar-refractivity contribution >= 4 is 21.6 Å². The quantitative estimate of drug-likeness (QED) is 0.809. The van der Waals surface area contributed by atoms with E-state index in [1.54, 1.807) is 7.11 Å². The van der Waals surface area contributed by atoms with Gasteiger partial charge in [-0.25, -0.2) is 0 Å². The van der Waals surface area contributed by atoms with Crippen LogP contribution in [0.2, 0.25) is 0 Å². The van der Waals surface area contributed by atoms with Crippen LogP contribution in [-0.2, 0) is 4.74 Å². The third-order valence-corrected chi connectivity index (χ3v) is 2.55. The van der Waals surface area contributed by atoms with Gasteiger partial charge in [-0.15, -0.1) is 0 Å². The summed E-state index contributed by atoms with van der Waals surface area (Å²) in [6, 6.07) is 5.90. The van der Waals surface area contributed by atoms with E-state index in [1.807, 2.05) is 25.1 Å². The number of anilines is 1. The second kappa shape index (κ2) is 6.69. The normalized spacial score (nSPS) is 10.1. The Bertz CT molecular complexity index is 305. The van der Waals surface area contributed by atoms with Crippen LogP contribution in [0.4, 0.5) is 5.69 Å². The summed E-state index contributed by atoms with van der Waals surface area (Å²) < 4.78 is 11.3. The van der Waals surface area contributed by atoms with Crippen molar-refractivity contribution in [1.82, 2.24) is 0 Å². The number of methoxy groups -OCH3 is 1. The minimum atomic E-state index is 0.722. The summed E-state index contributed by atoms with van der Waals surface area (Å²) in [5.41, 5.74) is 1.06. The van der Waals surface area contributed by atoms with Gasteiger partial charge in [0.2, 0.25) is 0 Å². The molecule has 1 aromatic carbocycles. The Kier molecular flexibility index (Phi) is 5.50. The molecule has 1 N–H and O–H groups in total. The Labute approximate surface area is 98.9 Å². The van der Waals surface area contributed by atoms with Crippen LogP contribution in [0.25, 0.3) is 0 Å². The first-order valence-corrected chi connectivity index (χ1v) is 5.72. The molecule has 0 unspecified atom stereocenters. The van der Waals surface area contributed by atoms with Gasteiger partial charge in [-0.3, -0.25) is 0 Å². The van der Waals surface area contributed by atoms with Gasteiger partial charge in [0.15, 0.2) is 0 Å². The van der Waals surface area contributed by atoms with Gasteiger partial charge < -0.3 is 14.8 Å². The lowest BCUT2D eigenvalue weighted by Crippen LogP contribution is -2.09. The highest BCUT2D eigenvalue weighted by molar-refractivity contribution is 9.10. The van der Waals surface area contributed by atoms with Gasteiger partial charge in [-0.05, 0) is 41.1 Å². The molecule has 0 aliphatic rings. The fourth-order valence-corrected chi connectivity index (χ4v) is 1.73. The lowest BCUT2D eigenvalue weighted by molar-refractivity contribution is 0.158. The van der Waals surface area contributed by atoms with Crippen molar-refractivity contribution in [2.24, 2.45) is 0 Å². The van der Waals surface area contributed by atoms with E-state index in [9.17, 15) is 0 Å². The zero-order valence-corrected chi connectivity index (χ0v) is 10.6. The second-order valence-electron chi connectivity index (χ2n) is 2.97. The smallest absolute Gasteiger partial charge is 0.133 e. The van der Waals surface area contributed by atoms with E-state index in [4.69, 9.17) is 9.47 Å². The van der Waals surface area contributed by atoms with Gasteiger partial charge in [0.25, 0.3) is 0 Å². The molecule has 1 aromatic rings. The summed E-state index contributed by atoms with van der Waals surface area (Å²) in [5.74, 6) is 0.838. The molecular formula is C11H16BrNO2. The fraction of sp³-hybridized carbons (Fsp3) is 0.455. The van der Waals surface area contributed by atoms with Crippen molar-refractivity contribution in [1.29, 1.82) is 0 Å². The predicted molar refractivity (Wildman–Crippen MR) is 65.7 cm³/mol. The van der Waals surface area contributed by atoms with Crippen LogP contribution in [0.1, 0.15) is 6.92 Å². The largest absolute Gasteiger partial charge is 0.496 e. The maximum atomic E-state index is 5.23. The number of ether oxygens (including phenoxy) is 2. The maximum absolute atomic E-state index is 5.23. The van der Waals surface area contributed by atoms with Gasteiger partial charge in [-0.2, -0.15) is 0 Å². The first kappa shape index (κ1) is 12.3. The van der Waals surface area contributed by atoms with E-state index in [1.165, 1.54) is 0 Å². The van der Waals surface area contributed by atoms with Gasteiger partial charge in [0, 0.05) is 18.8 Å². The van der Waals surface area contributed by atoms with Crippen molar-refractivity contribution in [2.75, 3.05) is 32.2 Å². The average molecular weight is 274 g/mol. The Balaban J connectivity index is 2.45. The molecule has 0 radical (unpaired) electrons. The van der Waals surface area contributed by atoms with E-state index in [0.29, 0.717) is 0 Å². The molecular weight excluding hydrogens is 258 g/mol. The average Bonchev–Trinajstić information content (AvgIpc) is 2.25. The number of nitrogens with one attached hydrogen (secondary N) is 1. The molecule has 0 amide bonds. The number of benzene rings is 1. The molecule has 0 bridgehead atoms. The number of halogens is 1. The molecule has 15 heavy (non-hydrogen) atoms. The summed E-state index contributed by atoms with van der Waals surface area (Å²) in [4.78, 5) is 0. The molecule has 0 aliphatic carbocycles. The summed E-state index contributed by atoms with van der Waals surface area (Å²) in [5, 5.41) is 3.26. The Morgan fingerprint density at radius 3 is 2.80 bits per heavy atom. The molecule has 0 atom stereocenters. The molecule has 0 fully saturated rings. The number of hydrogen-bond donors (Lipinski definition) is 1. The SMILES string of the molecule is CCOCCNc1ccc(OC)c(Br)c1. The van der Waals surface area contributed by atoms with E-state index in [2.05, 4.69) is 21.2 Å². The van der Waals surface area contributed by atoms with Gasteiger partial charge in [-0.1, -0.05) is 0 Å². The first-order valence-electron chi connectivity index (χ1n) is 4.93. The molecule has 4 heteroatoms. The van der Waals surface area contributed by atoms with Crippen molar-refractivity contribution in [3.8, 4) is 5.75 Å². The van der Waals surface area contributed by atoms with Crippen molar-refractivity contribution in [2.45, 2.75) is 6.92 Å². The second-order valence-corrected chi connectivity index (χ2v) is 3.83. The van der Waals surface area contributed by atoms with Crippen molar-refractivity contribution < 1.29 is 9.47 Å². The maximum Gasteiger partial charge on any atom is 0.133 e. The third-order valence-electron chi connectivity index (χ3n) is 1.93. The number of hydrogen-bond acceptors (Lipinski definition) is 3. The Morgan fingerprint density at radius 2 is 2.20 bits per heavy atom. The van der Waals surface area contributed by atoms with Gasteiger partial charge >= 0.3 is 0 Å². The predicted octanol–water partition coefficient (Wildman–Crippen LogP) is 2.91. The van der Waals surface area contributed by atoms with Crippen molar-refractivity contribution in [3.05, 3.63) is 22.7 Å². The summed E-state index contributed by atoms with van der Waals surface area (Å²) in [6.45, 7) is 4.28. The topological polar surface area (TPSA) is 30.5 Å². The minimum Gasteiger partial charge on any atom is -0.496 e. The van der Waals surface area contributed by atoms with Crippen LogP contribution < -0.4 is 10.1 Å². The van der Waals surface area contributed by atoms with E-state index < -0.39 is 0 Å². The van der Waals surface area contributed by atoms with Gasteiger partial charge in [0.05, 0.1) is 18.2 Å². The Hall–Kier alpha value is -0.740. The third kappa shape index (κ3) is 4.10. The molecule has 0 saturated heterocycles. The van der Waals surface area contributed by atoms with Gasteiger partial charge in [0.1, 0.15) is 5.75 Å². The molecule has 0 aromatic heterocycles. The molecule has 3 nitrogen and oxygen atoms in total. The highest BCUT2D eigenvalue weighted by atomic mass is 79.9. The highest BCUT2D eigenvalue weighted by Gasteiger charge is 2.00. The van der Waals surface area contributed by atoms with Crippen LogP contribution in [-0.4, -0.2) is 26.9 Å². The lowest BCUT2D eigenvalue weighted by Gasteiger charge is -2.08. The summed E-state index contributed by atoms with van der Waals surface area (Å²) in [7, 11) is 1.66. The van der Waals surface area contributed by atoms with Crippen LogP contribution in [0.3, 0.4) is 0 Å². The summed E-state index contributed by atoms with van der Waals surface area (Å²) in [6.07, 6.45) is 0. The van der Waals surface area contributed by atoms with E-state index >= 15 is 0 Å². The molecule has 0 saturated carbocycles. The van der Waals surface area contributed by atoms with Crippen molar-refractivity contribution in [3.63, 3.8) is 0 Å². The zero-order chi connectivity index (χ0) is 11.1. The standard InChI is InChI=1S/C11H16BrNO2/c1-3-15-7-6-13-9-4-5-11(14-2)10(12)8-9/h4-5,8,13H,3,6-7H2,1-2H3. The highest BCUT2D eigenvalue weighted by Crippen LogP contribution is 2.27. The molecule has 84 valence electrons. The zero-order valence-electron chi connectivity index (χ0n) is 9.05. The number of rotatable bonds is 6. The summed E-state index contributed by atoms with van der Waals surface area (Å²) >= 11 is 3.43. The van der Waals surface area contributed by atoms with Crippen LogP contribution in [0.5, 0.6) is 5.75 Å². The minimum absolute atomic E-state index is 0.722. The van der Waals surface area contributed by atoms with Crippen LogP contribution in [0.15, 0.2) is 22.7 Å². The van der Waals surface area contributed by atoms with E-state index in [0.717, 1.165) is 35.7 Å². The fourth-order valence-electron chi connectivity index (χ4n) is 1.19. The first-order chi connectivity index (χ1) is 7.27. The van der Waals surface area contributed by atoms with Crippen LogP contribution >= 0.6 is 15.9 Å². The Morgan fingerprint density at radius 1 is 1.40 bits per heavy atom. The van der Waals surface area contributed by atoms with Crippen LogP contribution in [0, 0.1) is 0 Å².